The van der Waals surface area contributed by atoms with Crippen LogP contribution in [0.3, 0.4) is 0 Å². The number of hydrogen-bond donors (Lipinski definition) is 1. The van der Waals surface area contributed by atoms with Crippen molar-refractivity contribution in [2.45, 2.75) is 31.5 Å². The van der Waals surface area contributed by atoms with E-state index in [2.05, 4.69) is 27.1 Å². The fraction of sp³-hybridized carbons (Fsp3) is 0.222. The van der Waals surface area contributed by atoms with Gasteiger partial charge in [0.05, 0.1) is 32.2 Å². The van der Waals surface area contributed by atoms with E-state index in [0.717, 1.165) is 33.6 Å². The third kappa shape index (κ3) is 4.90. The number of nitrogens with zero attached hydrogens (tertiary/aromatic N) is 3. The largest absolute Gasteiger partial charge is 0.487 e. The second-order valence-electron chi connectivity index (χ2n) is 8.74. The van der Waals surface area contributed by atoms with Gasteiger partial charge in [-0.05, 0) is 54.8 Å². The van der Waals surface area contributed by atoms with Crippen molar-refractivity contribution in [3.05, 3.63) is 76.1 Å². The number of halogens is 2. The van der Waals surface area contributed by atoms with Crippen LogP contribution in [0.25, 0.3) is 10.2 Å². The molecule has 2 aliphatic rings. The van der Waals surface area contributed by atoms with Crippen molar-refractivity contribution in [3.63, 3.8) is 0 Å². The van der Waals surface area contributed by atoms with Crippen LogP contribution in [0, 0.1) is 17.7 Å². The number of ether oxygens (including phenoxy) is 2. The molecule has 186 valence electrons. The SMILES string of the molecule is O=C1OC[C@H]2CC[C@H](C#Cc3cc4ncnc(Nc5ccc(OCc6cccc(F)c6)c(Cl)c5)c4s3)N12. The van der Waals surface area contributed by atoms with Gasteiger partial charge < -0.3 is 14.8 Å². The standard InChI is InChI=1S/C27H20ClFN4O3S/c28-22-11-18(4-9-24(22)35-13-16-2-1-3-17(29)10-16)32-26-25-23(30-15-31-26)12-21(37-25)8-7-19-5-6-20-14-36-27(34)33(19)20/h1-4,9-12,15,19-20H,5-6,13-14H2,(H,30,31,32)/t19-,20-/m1/s1. The Hall–Kier alpha value is -3.87. The molecule has 6 rings (SSSR count). The normalized spacial score (nSPS) is 18.3. The number of amides is 1. The summed E-state index contributed by atoms with van der Waals surface area (Å²) >= 11 is 7.93. The Kier molecular flexibility index (Phi) is 6.28. The Balaban J connectivity index is 1.17. The van der Waals surface area contributed by atoms with E-state index in [4.69, 9.17) is 21.1 Å². The zero-order valence-electron chi connectivity index (χ0n) is 19.4. The molecule has 4 aromatic rings. The molecule has 2 atom stereocenters. The van der Waals surface area contributed by atoms with Gasteiger partial charge in [-0.2, -0.15) is 0 Å². The lowest BCUT2D eigenvalue weighted by Gasteiger charge is -2.15. The summed E-state index contributed by atoms with van der Waals surface area (Å²) < 4.78 is 25.2. The number of benzene rings is 2. The molecule has 0 spiro atoms. The Morgan fingerprint density at radius 2 is 2.14 bits per heavy atom. The Morgan fingerprint density at radius 1 is 1.22 bits per heavy atom. The highest BCUT2D eigenvalue weighted by atomic mass is 35.5. The molecule has 2 aromatic carbocycles. The van der Waals surface area contributed by atoms with Gasteiger partial charge in [0, 0.05) is 5.69 Å². The Labute approximate surface area is 221 Å². The van der Waals surface area contributed by atoms with Gasteiger partial charge in [0.25, 0.3) is 0 Å². The van der Waals surface area contributed by atoms with Gasteiger partial charge in [-0.25, -0.2) is 19.2 Å². The van der Waals surface area contributed by atoms with E-state index in [0.29, 0.717) is 28.8 Å². The molecule has 1 amide bonds. The molecule has 2 aliphatic heterocycles. The topological polar surface area (TPSA) is 76.6 Å². The highest BCUT2D eigenvalue weighted by molar-refractivity contribution is 7.20. The van der Waals surface area contributed by atoms with E-state index in [1.54, 1.807) is 29.2 Å². The molecule has 7 nitrogen and oxygen atoms in total. The number of carbonyl (C=O) groups excluding carboxylic acids is 1. The molecular formula is C27H20ClFN4O3S. The molecule has 1 N–H and O–H groups in total. The molecule has 2 aromatic heterocycles. The summed E-state index contributed by atoms with van der Waals surface area (Å²) in [5, 5.41) is 3.71. The van der Waals surface area contributed by atoms with Crippen molar-refractivity contribution in [2.75, 3.05) is 11.9 Å². The van der Waals surface area contributed by atoms with Crippen LogP contribution in [0.2, 0.25) is 5.02 Å². The highest BCUT2D eigenvalue weighted by Gasteiger charge is 2.42. The molecule has 2 fully saturated rings. The zero-order valence-corrected chi connectivity index (χ0v) is 21.0. The smallest absolute Gasteiger partial charge is 0.411 e. The van der Waals surface area contributed by atoms with E-state index in [9.17, 15) is 9.18 Å². The van der Waals surface area contributed by atoms with Crippen molar-refractivity contribution in [2.24, 2.45) is 0 Å². The number of nitrogens with one attached hydrogen (secondary N) is 1. The average molecular weight is 535 g/mol. The summed E-state index contributed by atoms with van der Waals surface area (Å²) in [4.78, 5) is 23.3. The molecule has 37 heavy (non-hydrogen) atoms. The van der Waals surface area contributed by atoms with Gasteiger partial charge in [0.2, 0.25) is 0 Å². The fourth-order valence-corrected chi connectivity index (χ4v) is 5.64. The van der Waals surface area contributed by atoms with Crippen LogP contribution in [0.1, 0.15) is 23.3 Å². The number of fused-ring (bicyclic) bond motifs is 2. The van der Waals surface area contributed by atoms with E-state index < -0.39 is 0 Å². The lowest BCUT2D eigenvalue weighted by atomic mass is 10.2. The number of rotatable bonds is 5. The summed E-state index contributed by atoms with van der Waals surface area (Å²) in [5.74, 6) is 7.26. The molecular weight excluding hydrogens is 515 g/mol. The van der Waals surface area contributed by atoms with Gasteiger partial charge in [-0.15, -0.1) is 11.3 Å². The second kappa shape index (κ2) is 9.88. The third-order valence-electron chi connectivity index (χ3n) is 6.26. The first kappa shape index (κ1) is 23.5. The summed E-state index contributed by atoms with van der Waals surface area (Å²) in [6, 6.07) is 13.5. The van der Waals surface area contributed by atoms with Crippen molar-refractivity contribution < 1.29 is 18.7 Å². The number of hydrogen-bond acceptors (Lipinski definition) is 7. The van der Waals surface area contributed by atoms with Crippen LogP contribution in [0.15, 0.2) is 54.9 Å². The summed E-state index contributed by atoms with van der Waals surface area (Å²) in [5.41, 5.74) is 2.22. The van der Waals surface area contributed by atoms with Gasteiger partial charge in [0.1, 0.15) is 31.1 Å². The second-order valence-corrected chi connectivity index (χ2v) is 10.2. The minimum Gasteiger partial charge on any atom is -0.487 e. The van der Waals surface area contributed by atoms with Gasteiger partial charge in [-0.1, -0.05) is 35.6 Å². The maximum Gasteiger partial charge on any atom is 0.411 e. The van der Waals surface area contributed by atoms with E-state index in [-0.39, 0.29) is 30.6 Å². The number of thiophene rings is 1. The average Bonchev–Trinajstić information content (AvgIpc) is 3.59. The summed E-state index contributed by atoms with van der Waals surface area (Å²) in [6.45, 7) is 0.658. The first-order valence-corrected chi connectivity index (χ1v) is 12.9. The predicted molar refractivity (Wildman–Crippen MR) is 140 cm³/mol. The highest BCUT2D eigenvalue weighted by Crippen LogP contribution is 2.34. The van der Waals surface area contributed by atoms with Crippen LogP contribution in [-0.2, 0) is 11.3 Å². The zero-order chi connectivity index (χ0) is 25.4. The molecule has 4 heterocycles. The molecule has 0 aliphatic carbocycles. The molecule has 0 saturated carbocycles. The molecule has 0 unspecified atom stereocenters. The van der Waals surface area contributed by atoms with Crippen molar-refractivity contribution in [1.82, 2.24) is 14.9 Å². The molecule has 2 saturated heterocycles. The van der Waals surface area contributed by atoms with Gasteiger partial charge in [0.15, 0.2) is 5.82 Å². The molecule has 10 heteroatoms. The number of anilines is 2. The Morgan fingerprint density at radius 3 is 3.00 bits per heavy atom. The third-order valence-corrected chi connectivity index (χ3v) is 7.61. The lowest BCUT2D eigenvalue weighted by Crippen LogP contribution is -2.34. The predicted octanol–water partition coefficient (Wildman–Crippen LogP) is 6.14. The maximum atomic E-state index is 13.4. The van der Waals surface area contributed by atoms with Crippen molar-refractivity contribution >= 4 is 50.8 Å². The monoisotopic (exact) mass is 534 g/mol. The van der Waals surface area contributed by atoms with E-state index in [1.807, 2.05) is 12.1 Å². The Bertz CT molecular complexity index is 1570. The number of aromatic nitrogens is 2. The first-order valence-electron chi connectivity index (χ1n) is 11.7. The lowest BCUT2D eigenvalue weighted by molar-refractivity contribution is 0.155. The van der Waals surface area contributed by atoms with E-state index in [1.165, 1.54) is 29.8 Å². The number of carbonyl (C=O) groups is 1. The molecule has 0 bridgehead atoms. The van der Waals surface area contributed by atoms with Crippen LogP contribution < -0.4 is 10.1 Å². The summed E-state index contributed by atoms with van der Waals surface area (Å²) in [7, 11) is 0. The molecule has 0 radical (unpaired) electrons. The van der Waals surface area contributed by atoms with Crippen molar-refractivity contribution in [3.8, 4) is 17.6 Å². The quantitative estimate of drug-likeness (QED) is 0.310. The fourth-order valence-electron chi connectivity index (χ4n) is 4.49. The van der Waals surface area contributed by atoms with Crippen LogP contribution in [0.5, 0.6) is 5.75 Å². The van der Waals surface area contributed by atoms with Gasteiger partial charge >= 0.3 is 6.09 Å². The van der Waals surface area contributed by atoms with Crippen LogP contribution >= 0.6 is 22.9 Å². The first-order chi connectivity index (χ1) is 18.0. The number of cyclic esters (lactones) is 1. The summed E-state index contributed by atoms with van der Waals surface area (Å²) in [6.07, 6.45) is 2.98. The minimum atomic E-state index is -0.311. The van der Waals surface area contributed by atoms with E-state index >= 15 is 0 Å². The van der Waals surface area contributed by atoms with Gasteiger partial charge in [-0.3, -0.25) is 4.90 Å². The minimum absolute atomic E-state index is 0.127. The van der Waals surface area contributed by atoms with Crippen LogP contribution in [0.4, 0.5) is 20.7 Å². The van der Waals surface area contributed by atoms with Crippen LogP contribution in [-0.4, -0.2) is 39.7 Å². The van der Waals surface area contributed by atoms with Crippen molar-refractivity contribution in [1.29, 1.82) is 0 Å². The maximum absolute atomic E-state index is 13.4.